The quantitative estimate of drug-likeness (QED) is 0.250. The molecule has 0 saturated heterocycles. The number of rotatable bonds is 7. The molecule has 0 heterocycles. The number of hydrogen-bond donors (Lipinski definition) is 1. The summed E-state index contributed by atoms with van der Waals surface area (Å²) in [5.41, 5.74) is 7.34. The van der Waals surface area contributed by atoms with Crippen molar-refractivity contribution in [2.24, 2.45) is 0 Å². The molecule has 0 aliphatic heterocycles. The average Bonchev–Trinajstić information content (AvgIpc) is 3.32. The van der Waals surface area contributed by atoms with Gasteiger partial charge in [-0.05, 0) is 0 Å². The van der Waals surface area contributed by atoms with Gasteiger partial charge in [0.1, 0.15) is 0 Å². The first-order valence-corrected chi connectivity index (χ1v) is 22.3. The fraction of sp³-hybridized carbons (Fsp3) is 0.114. The minimum Gasteiger partial charge on any atom is -1.00 e. The number of halogens is 2. The maximum absolute atomic E-state index is 14.3. The summed E-state index contributed by atoms with van der Waals surface area (Å²) in [4.78, 5) is 14.3. The summed E-state index contributed by atoms with van der Waals surface area (Å²) in [6.45, 7) is 4.33. The fourth-order valence-corrected chi connectivity index (χ4v) is 27.6. The molecule has 1 aliphatic carbocycles. The average molecular weight is 673 g/mol. The molecule has 0 unspecified atom stereocenters. The Morgan fingerprint density at radius 1 is 0.634 bits per heavy atom. The molecule has 6 rings (SSSR count). The molecule has 0 saturated carbocycles. The molecule has 0 atom stereocenters. The van der Waals surface area contributed by atoms with E-state index >= 15 is 0 Å². The van der Waals surface area contributed by atoms with Crippen LogP contribution in [0.2, 0.25) is 0 Å². The standard InChI is InChI=1S/C13H9.C12H11Si.C10H13NO.2ClH.Zr/c1-3-7-12-10(5-1)9-11-6-2-4-8-13(11)12;1-3-7-11(8-4-1)13-12-9-5-2-6-10-12;1-7(2)8-5-3-4-6-9(8)10(11)12;;;/h1-9H;1-10,13H;3-7H,1-2H3,(H2,11,12);2*1H;/q;;;;;+3/p-3. The van der Waals surface area contributed by atoms with Gasteiger partial charge in [-0.1, -0.05) is 0 Å². The van der Waals surface area contributed by atoms with Crippen molar-refractivity contribution >= 4 is 22.2 Å². The number of nitrogens with one attached hydrogen (secondary N) is 1. The van der Waals surface area contributed by atoms with Crippen LogP contribution in [0.25, 0.3) is 11.1 Å². The Balaban J connectivity index is 0.00000194. The molecule has 0 bridgehead atoms. The summed E-state index contributed by atoms with van der Waals surface area (Å²) >= 11 is -2.90. The number of amides is 1. The van der Waals surface area contributed by atoms with E-state index in [4.69, 9.17) is 0 Å². The van der Waals surface area contributed by atoms with Gasteiger partial charge in [0.2, 0.25) is 0 Å². The molecule has 0 aromatic heterocycles. The molecule has 41 heavy (non-hydrogen) atoms. The number of carbonyl (C=O) groups is 1. The van der Waals surface area contributed by atoms with Crippen molar-refractivity contribution in [3.8, 4) is 11.1 Å². The maximum atomic E-state index is 14.3. The SMILES string of the molecule is CC(C)c1ccccc1C(=O)[NH][Zr+2]([CH]1c2ccccc2-c2ccccc21)[SiH](c1ccccc1)c1ccccc1.[Cl-].[Cl-]. The van der Waals surface area contributed by atoms with Gasteiger partial charge >= 0.3 is 242 Å². The Bertz CT molecular complexity index is 1530. The normalized spacial score (nSPS) is 11.7. The summed E-state index contributed by atoms with van der Waals surface area (Å²) < 4.78 is 4.13. The Morgan fingerprint density at radius 2 is 1.07 bits per heavy atom. The van der Waals surface area contributed by atoms with E-state index in [0.29, 0.717) is 0 Å². The van der Waals surface area contributed by atoms with Crippen LogP contribution in [-0.4, -0.2) is 11.8 Å². The number of benzene rings is 5. The van der Waals surface area contributed by atoms with E-state index in [2.05, 4.69) is 132 Å². The van der Waals surface area contributed by atoms with E-state index in [1.54, 1.807) is 0 Å². The molecular weight excluding hydrogens is 641 g/mol. The van der Waals surface area contributed by atoms with Gasteiger partial charge in [-0.25, -0.2) is 0 Å². The fourth-order valence-electron chi connectivity index (χ4n) is 6.05. The third kappa shape index (κ3) is 6.22. The first-order valence-electron chi connectivity index (χ1n) is 13.7. The molecule has 1 amide bonds. The van der Waals surface area contributed by atoms with E-state index in [1.807, 2.05) is 18.2 Å². The topological polar surface area (TPSA) is 29.1 Å². The van der Waals surface area contributed by atoms with Gasteiger partial charge < -0.3 is 24.8 Å². The minimum absolute atomic E-state index is 0. The molecule has 5 aromatic carbocycles. The third-order valence-corrected chi connectivity index (χ3v) is 27.2. The molecule has 1 aliphatic rings. The molecule has 1 N–H and O–H groups in total. The predicted molar refractivity (Wildman–Crippen MR) is 161 cm³/mol. The maximum Gasteiger partial charge on any atom is -1.00 e. The van der Waals surface area contributed by atoms with Gasteiger partial charge in [0.15, 0.2) is 0 Å². The zero-order valence-corrected chi connectivity index (χ0v) is 28.2. The number of hydrogen-bond acceptors (Lipinski definition) is 1. The Morgan fingerprint density at radius 3 is 1.59 bits per heavy atom. The number of fused-ring (bicyclic) bond motifs is 3. The summed E-state index contributed by atoms with van der Waals surface area (Å²) in [6.07, 6.45) is 0. The number of carbonyl (C=O) groups excluding carboxylic acids is 1. The van der Waals surface area contributed by atoms with Crippen LogP contribution >= 0.6 is 0 Å². The second-order valence-corrected chi connectivity index (χ2v) is 24.9. The van der Waals surface area contributed by atoms with Crippen molar-refractivity contribution in [1.29, 1.82) is 0 Å². The molecule has 205 valence electrons. The second kappa shape index (κ2) is 13.9. The Labute approximate surface area is 264 Å². The minimum atomic E-state index is -2.90. The van der Waals surface area contributed by atoms with Crippen molar-refractivity contribution in [1.82, 2.24) is 3.26 Å². The molecule has 0 spiro atoms. The van der Waals surface area contributed by atoms with Crippen LogP contribution < -0.4 is 38.4 Å². The zero-order valence-electron chi connectivity index (χ0n) is 23.1. The predicted octanol–water partition coefficient (Wildman–Crippen LogP) is 0.389. The third-order valence-electron chi connectivity index (χ3n) is 7.81. The molecule has 0 fully saturated rings. The van der Waals surface area contributed by atoms with Gasteiger partial charge in [-0.2, -0.15) is 0 Å². The summed E-state index contributed by atoms with van der Waals surface area (Å²) in [5, 5.41) is 2.83. The van der Waals surface area contributed by atoms with E-state index in [0.717, 1.165) is 11.1 Å². The van der Waals surface area contributed by atoms with Crippen molar-refractivity contribution in [3.05, 3.63) is 156 Å². The monoisotopic (exact) mass is 670 g/mol. The van der Waals surface area contributed by atoms with Crippen LogP contribution in [0, 0.1) is 0 Å². The Kier molecular flexibility index (Phi) is 10.6. The summed E-state index contributed by atoms with van der Waals surface area (Å²) in [7, 11) is 0. The largest absolute Gasteiger partial charge is 1.00 e. The van der Waals surface area contributed by atoms with Gasteiger partial charge in [0.05, 0.1) is 0 Å². The van der Waals surface area contributed by atoms with Crippen molar-refractivity contribution in [3.63, 3.8) is 0 Å². The van der Waals surface area contributed by atoms with Crippen LogP contribution in [0.1, 0.15) is 50.4 Å². The van der Waals surface area contributed by atoms with Gasteiger partial charge in [0, 0.05) is 0 Å². The van der Waals surface area contributed by atoms with E-state index < -0.39 is 27.1 Å². The van der Waals surface area contributed by atoms with E-state index in [9.17, 15) is 4.79 Å². The van der Waals surface area contributed by atoms with Gasteiger partial charge in [0.25, 0.3) is 0 Å². The van der Waals surface area contributed by atoms with Crippen molar-refractivity contribution < 1.29 is 50.8 Å². The van der Waals surface area contributed by atoms with Crippen LogP contribution in [0.15, 0.2) is 133 Å². The van der Waals surface area contributed by atoms with Crippen LogP contribution in [0.3, 0.4) is 0 Å². The van der Waals surface area contributed by atoms with Crippen LogP contribution in [0.4, 0.5) is 0 Å². The van der Waals surface area contributed by atoms with E-state index in [1.165, 1.54) is 32.6 Å². The smallest absolute Gasteiger partial charge is 1.00 e. The molecule has 2 nitrogen and oxygen atoms in total. The van der Waals surface area contributed by atoms with Crippen LogP contribution in [-0.2, 0) is 21.2 Å². The van der Waals surface area contributed by atoms with Gasteiger partial charge in [-0.15, -0.1) is 0 Å². The molecule has 5 aromatic rings. The Hall–Kier alpha value is -2.75. The van der Waals surface area contributed by atoms with E-state index in [-0.39, 0.29) is 40.3 Å². The zero-order chi connectivity index (χ0) is 26.8. The molecular formula is C35H32Cl2NOSiZr. The molecule has 6 heteroatoms. The van der Waals surface area contributed by atoms with Crippen molar-refractivity contribution in [2.45, 2.75) is 23.4 Å². The first kappa shape index (κ1) is 31.2. The second-order valence-electron chi connectivity index (χ2n) is 10.5. The molecule has 0 radical (unpaired) electrons. The van der Waals surface area contributed by atoms with Crippen molar-refractivity contribution in [2.75, 3.05) is 0 Å². The summed E-state index contributed by atoms with van der Waals surface area (Å²) in [5.74, 6) is -1.41. The van der Waals surface area contributed by atoms with Crippen LogP contribution in [0.5, 0.6) is 0 Å². The summed E-state index contributed by atoms with van der Waals surface area (Å²) in [6, 6.07) is 47.9. The first-order chi connectivity index (χ1) is 19.1. The van der Waals surface area contributed by atoms with Gasteiger partial charge in [-0.3, -0.25) is 0 Å².